The van der Waals surface area contributed by atoms with Crippen LogP contribution in [-0.2, 0) is 13.0 Å². The van der Waals surface area contributed by atoms with Gasteiger partial charge in [-0.1, -0.05) is 35.9 Å². The summed E-state index contributed by atoms with van der Waals surface area (Å²) in [6.07, 6.45) is 4.20. The van der Waals surface area contributed by atoms with Crippen molar-refractivity contribution in [2.75, 3.05) is 6.54 Å². The Labute approximate surface area is 189 Å². The second kappa shape index (κ2) is 10.1. The molecule has 0 spiro atoms. The number of alkyl halides is 1. The average Bonchev–Trinajstić information content (AvgIpc) is 3.05. The van der Waals surface area contributed by atoms with Gasteiger partial charge < -0.3 is 11.1 Å². The Morgan fingerprint density at radius 3 is 2.79 bits per heavy atom. The molecule has 1 saturated carbocycles. The largest absolute Gasteiger partial charge is 0.384 e. The summed E-state index contributed by atoms with van der Waals surface area (Å²) in [5.74, 6) is 0.0382. The lowest BCUT2D eigenvalue weighted by Gasteiger charge is -2.32. The van der Waals surface area contributed by atoms with E-state index >= 15 is 4.39 Å². The van der Waals surface area contributed by atoms with Crippen molar-refractivity contribution in [3.05, 3.63) is 64.2 Å². The van der Waals surface area contributed by atoms with E-state index in [2.05, 4.69) is 34.6 Å². The number of hydrogen-bond donors (Lipinski definition) is 2. The second-order valence-electron chi connectivity index (χ2n) is 7.61. The zero-order chi connectivity index (χ0) is 18.9. The molecule has 3 nitrogen and oxygen atoms in total. The van der Waals surface area contributed by atoms with Crippen LogP contribution in [0.4, 0.5) is 10.1 Å². The van der Waals surface area contributed by atoms with Crippen molar-refractivity contribution >= 4 is 47.9 Å². The van der Waals surface area contributed by atoms with Gasteiger partial charge in [0.15, 0.2) is 5.67 Å². The summed E-state index contributed by atoms with van der Waals surface area (Å²) in [4.78, 5) is 4.40. The lowest BCUT2D eigenvalue weighted by Crippen LogP contribution is -2.43. The minimum absolute atomic E-state index is 0. The van der Waals surface area contributed by atoms with E-state index in [1.54, 1.807) is 0 Å². The highest BCUT2D eigenvalue weighted by molar-refractivity contribution is 6.30. The summed E-state index contributed by atoms with van der Waals surface area (Å²) in [5, 5.41) is 4.21. The molecule has 1 fully saturated rings. The lowest BCUT2D eigenvalue weighted by molar-refractivity contribution is 0.232. The van der Waals surface area contributed by atoms with Crippen molar-refractivity contribution in [2.45, 2.75) is 50.2 Å². The van der Waals surface area contributed by atoms with Crippen molar-refractivity contribution < 1.29 is 4.39 Å². The van der Waals surface area contributed by atoms with E-state index in [-0.39, 0.29) is 36.6 Å². The van der Waals surface area contributed by atoms with E-state index in [1.807, 2.05) is 18.2 Å². The molecule has 0 radical (unpaired) electrons. The zero-order valence-corrected chi connectivity index (χ0v) is 18.6. The summed E-state index contributed by atoms with van der Waals surface area (Å²) < 4.78 is 15.1. The van der Waals surface area contributed by atoms with Gasteiger partial charge in [-0.15, -0.1) is 24.8 Å². The van der Waals surface area contributed by atoms with E-state index in [9.17, 15) is 0 Å². The maximum absolute atomic E-state index is 15.1. The normalized spacial score (nSPS) is 22.0. The molecule has 2 unspecified atom stereocenters. The molecule has 0 bridgehead atoms. The predicted molar refractivity (Wildman–Crippen MR) is 124 cm³/mol. The molecule has 2 aromatic rings. The highest BCUT2D eigenvalue weighted by Crippen LogP contribution is 2.51. The number of rotatable bonds is 6. The molecule has 29 heavy (non-hydrogen) atoms. The quantitative estimate of drug-likeness (QED) is 0.531. The maximum atomic E-state index is 15.1. The Morgan fingerprint density at radius 2 is 2.00 bits per heavy atom. The number of nitrogens with one attached hydrogen (secondary N) is 1. The molecular weight excluding hydrogens is 432 g/mol. The van der Waals surface area contributed by atoms with Gasteiger partial charge in [0.1, 0.15) is 5.84 Å². The fourth-order valence-corrected chi connectivity index (χ4v) is 4.54. The number of aliphatic imine (C=N–C) groups is 1. The van der Waals surface area contributed by atoms with Gasteiger partial charge in [0, 0.05) is 17.5 Å². The molecule has 1 heterocycles. The third-order valence-corrected chi connectivity index (χ3v) is 5.99. The number of aryl methyl sites for hydroxylation is 1. The Morgan fingerprint density at radius 1 is 1.17 bits per heavy atom. The number of fused-ring (bicyclic) bond motifs is 3. The SMILES string of the molecule is Cl.Cl.NC1=Nc2cc(CCCNCc3cccc(Cl)c3)ccc2C2CCCC12F. The summed E-state index contributed by atoms with van der Waals surface area (Å²) in [7, 11) is 0. The Bertz CT molecular complexity index is 874. The summed E-state index contributed by atoms with van der Waals surface area (Å²) in [6, 6.07) is 14.2. The first-order chi connectivity index (χ1) is 13.1. The van der Waals surface area contributed by atoms with Crippen LogP contribution in [0.3, 0.4) is 0 Å². The van der Waals surface area contributed by atoms with Gasteiger partial charge in [0.25, 0.3) is 0 Å². The molecule has 7 heteroatoms. The van der Waals surface area contributed by atoms with Crippen LogP contribution in [0.2, 0.25) is 5.02 Å². The van der Waals surface area contributed by atoms with Crippen LogP contribution in [0.5, 0.6) is 0 Å². The lowest BCUT2D eigenvalue weighted by atomic mass is 9.82. The monoisotopic (exact) mass is 457 g/mol. The van der Waals surface area contributed by atoms with Gasteiger partial charge in [-0.05, 0) is 73.5 Å². The fourth-order valence-electron chi connectivity index (χ4n) is 4.33. The molecule has 158 valence electrons. The van der Waals surface area contributed by atoms with Crippen molar-refractivity contribution in [3.8, 4) is 0 Å². The molecule has 1 aliphatic heterocycles. The van der Waals surface area contributed by atoms with Crippen LogP contribution in [0.1, 0.15) is 48.3 Å². The number of hydrogen-bond acceptors (Lipinski definition) is 3. The fraction of sp³-hybridized carbons (Fsp3) is 0.409. The second-order valence-corrected chi connectivity index (χ2v) is 8.04. The summed E-state index contributed by atoms with van der Waals surface area (Å²) >= 11 is 6.00. The highest BCUT2D eigenvalue weighted by Gasteiger charge is 2.50. The number of halogens is 4. The maximum Gasteiger partial charge on any atom is 0.174 e. The topological polar surface area (TPSA) is 50.4 Å². The van der Waals surface area contributed by atoms with Crippen molar-refractivity contribution in [1.82, 2.24) is 5.32 Å². The van der Waals surface area contributed by atoms with Gasteiger partial charge in [-0.2, -0.15) is 0 Å². The number of nitrogens with two attached hydrogens (primary N) is 1. The molecule has 2 aromatic carbocycles. The summed E-state index contributed by atoms with van der Waals surface area (Å²) in [6.45, 7) is 1.73. The van der Waals surface area contributed by atoms with Crippen LogP contribution in [0.15, 0.2) is 47.5 Å². The third kappa shape index (κ3) is 5.05. The van der Waals surface area contributed by atoms with Crippen LogP contribution >= 0.6 is 36.4 Å². The van der Waals surface area contributed by atoms with Crippen molar-refractivity contribution in [2.24, 2.45) is 10.7 Å². The molecule has 0 aromatic heterocycles. The molecule has 1 aliphatic carbocycles. The Balaban J connectivity index is 0.00000150. The average molecular weight is 459 g/mol. The van der Waals surface area contributed by atoms with E-state index in [1.165, 1.54) is 11.1 Å². The number of amidine groups is 1. The van der Waals surface area contributed by atoms with Gasteiger partial charge in [-0.25, -0.2) is 9.38 Å². The van der Waals surface area contributed by atoms with Crippen LogP contribution < -0.4 is 11.1 Å². The summed E-state index contributed by atoms with van der Waals surface area (Å²) in [5.41, 5.74) is 8.84. The molecule has 4 rings (SSSR count). The first-order valence-electron chi connectivity index (χ1n) is 9.68. The van der Waals surface area contributed by atoms with E-state index in [0.29, 0.717) is 6.42 Å². The Hall–Kier alpha value is -1.33. The van der Waals surface area contributed by atoms with Crippen LogP contribution in [0, 0.1) is 0 Å². The predicted octanol–water partition coefficient (Wildman–Crippen LogP) is 5.88. The molecule has 3 N–H and O–H groups in total. The number of benzene rings is 2. The van der Waals surface area contributed by atoms with Gasteiger partial charge in [0.2, 0.25) is 0 Å². The minimum Gasteiger partial charge on any atom is -0.384 e. The number of nitrogens with zero attached hydrogens (tertiary/aromatic N) is 1. The highest BCUT2D eigenvalue weighted by atomic mass is 35.5. The van der Waals surface area contributed by atoms with Gasteiger partial charge >= 0.3 is 0 Å². The van der Waals surface area contributed by atoms with Crippen molar-refractivity contribution in [3.63, 3.8) is 0 Å². The molecule has 0 amide bonds. The smallest absolute Gasteiger partial charge is 0.174 e. The van der Waals surface area contributed by atoms with Crippen LogP contribution in [-0.4, -0.2) is 18.0 Å². The first kappa shape index (κ1) is 23.9. The Kier molecular flexibility index (Phi) is 8.36. The third-order valence-electron chi connectivity index (χ3n) is 5.76. The molecular formula is C22H27Cl3FN3. The minimum atomic E-state index is -1.43. The molecule has 2 aliphatic rings. The van der Waals surface area contributed by atoms with Crippen molar-refractivity contribution in [1.29, 1.82) is 0 Å². The molecule has 0 saturated heterocycles. The van der Waals surface area contributed by atoms with E-state index < -0.39 is 5.67 Å². The van der Waals surface area contributed by atoms with Crippen LogP contribution in [0.25, 0.3) is 0 Å². The van der Waals surface area contributed by atoms with E-state index in [0.717, 1.165) is 55.0 Å². The standard InChI is InChI=1S/C22H25ClFN3.2ClH/c23-17-6-1-4-16(12-17)14-26-11-3-5-15-8-9-18-19-7-2-10-22(19,24)21(25)27-20(18)13-15;;/h1,4,6,8-9,12-13,19,26H,2-3,5,7,10-11,14H2,(H2,25,27);2*1H. The van der Waals surface area contributed by atoms with E-state index in [4.69, 9.17) is 17.3 Å². The van der Waals surface area contributed by atoms with Gasteiger partial charge in [0.05, 0.1) is 5.69 Å². The van der Waals surface area contributed by atoms with Gasteiger partial charge in [-0.3, -0.25) is 0 Å². The molecule has 2 atom stereocenters. The zero-order valence-electron chi connectivity index (χ0n) is 16.2. The first-order valence-corrected chi connectivity index (χ1v) is 10.1.